The van der Waals surface area contributed by atoms with E-state index in [0.29, 0.717) is 0 Å². The van der Waals surface area contributed by atoms with Crippen LogP contribution in [0.1, 0.15) is 58.5 Å². The highest BCUT2D eigenvalue weighted by molar-refractivity contribution is 5.44. The van der Waals surface area contributed by atoms with E-state index in [1.807, 2.05) is 42.8 Å². The normalized spacial score (nSPS) is 12.4. The van der Waals surface area contributed by atoms with Crippen molar-refractivity contribution in [1.29, 1.82) is 0 Å². The van der Waals surface area contributed by atoms with Gasteiger partial charge in [0.05, 0.1) is 18.1 Å². The lowest BCUT2D eigenvalue weighted by molar-refractivity contribution is 0.150. The van der Waals surface area contributed by atoms with Crippen molar-refractivity contribution in [3.05, 3.63) is 116 Å². The van der Waals surface area contributed by atoms with Crippen LogP contribution in [-0.4, -0.2) is 14.1 Å². The zero-order chi connectivity index (χ0) is 25.4. The fraction of sp³-hybridized carbons (Fsp3) is 0.259. The van der Waals surface area contributed by atoms with Gasteiger partial charge in [-0.15, -0.1) is 0 Å². The molecular formula is C27H25F4N3O. The van der Waals surface area contributed by atoms with Crippen LogP contribution >= 0.6 is 0 Å². The zero-order valence-corrected chi connectivity index (χ0v) is 19.8. The van der Waals surface area contributed by atoms with Crippen LogP contribution in [0.2, 0.25) is 0 Å². The van der Waals surface area contributed by atoms with Crippen LogP contribution in [0.25, 0.3) is 5.69 Å². The lowest BCUT2D eigenvalue weighted by atomic mass is 10.0. The fourth-order valence-corrected chi connectivity index (χ4v) is 4.18. The van der Waals surface area contributed by atoms with Crippen LogP contribution in [0.3, 0.4) is 0 Å². The Morgan fingerprint density at radius 2 is 1.63 bits per heavy atom. The molecule has 0 unspecified atom stereocenters. The number of hydrogen-bond donors (Lipinski definition) is 0. The van der Waals surface area contributed by atoms with Gasteiger partial charge in [-0.25, -0.2) is 22.5 Å². The van der Waals surface area contributed by atoms with E-state index in [1.54, 1.807) is 13.3 Å². The molecule has 1 atom stereocenters. The number of nitrogens with zero attached hydrogens (tertiary/aromatic N) is 3. The van der Waals surface area contributed by atoms with Crippen molar-refractivity contribution in [2.45, 2.75) is 46.6 Å². The largest absolute Gasteiger partial charge is 0.308 e. The molecule has 0 radical (unpaired) electrons. The van der Waals surface area contributed by atoms with Gasteiger partial charge in [-0.2, -0.15) is 0 Å². The third-order valence-electron chi connectivity index (χ3n) is 6.24. The highest BCUT2D eigenvalue weighted by atomic mass is 19.3. The quantitative estimate of drug-likeness (QED) is 0.299. The van der Waals surface area contributed by atoms with Gasteiger partial charge in [-0.1, -0.05) is 12.1 Å². The van der Waals surface area contributed by atoms with Crippen LogP contribution < -0.4 is 5.56 Å². The molecule has 0 fully saturated rings. The number of halogens is 4. The van der Waals surface area contributed by atoms with Crippen molar-refractivity contribution < 1.29 is 17.6 Å². The Hall–Kier alpha value is -3.68. The Labute approximate surface area is 200 Å². The number of benzene rings is 2. The van der Waals surface area contributed by atoms with Crippen molar-refractivity contribution in [2.75, 3.05) is 0 Å². The van der Waals surface area contributed by atoms with E-state index in [-0.39, 0.29) is 28.7 Å². The molecule has 0 N–H and O–H groups in total. The van der Waals surface area contributed by atoms with Crippen molar-refractivity contribution in [3.8, 4) is 5.69 Å². The van der Waals surface area contributed by atoms with E-state index < -0.39 is 29.7 Å². The number of alkyl halides is 2. The molecule has 0 aliphatic rings. The molecular weight excluding hydrogens is 458 g/mol. The number of imidazole rings is 1. The summed E-state index contributed by atoms with van der Waals surface area (Å²) in [6.07, 6.45) is 1.98. The average molecular weight is 484 g/mol. The Bertz CT molecular complexity index is 1430. The Kier molecular flexibility index (Phi) is 6.65. The second-order valence-corrected chi connectivity index (χ2v) is 8.82. The van der Waals surface area contributed by atoms with Crippen molar-refractivity contribution in [2.24, 2.45) is 0 Å². The zero-order valence-electron chi connectivity index (χ0n) is 19.8. The van der Waals surface area contributed by atoms with Gasteiger partial charge < -0.3 is 9.13 Å². The Balaban J connectivity index is 1.73. The first-order valence-electron chi connectivity index (χ1n) is 11.1. The van der Waals surface area contributed by atoms with E-state index in [4.69, 9.17) is 0 Å². The van der Waals surface area contributed by atoms with Crippen molar-refractivity contribution >= 4 is 0 Å². The van der Waals surface area contributed by atoms with E-state index >= 15 is 0 Å². The smallest absolute Gasteiger partial charge is 0.265 e. The summed E-state index contributed by atoms with van der Waals surface area (Å²) in [5.41, 5.74) is 2.90. The van der Waals surface area contributed by atoms with Crippen LogP contribution in [0, 0.1) is 32.4 Å². The minimum Gasteiger partial charge on any atom is -0.308 e. The number of aromatic nitrogens is 3. The third-order valence-corrected chi connectivity index (χ3v) is 6.24. The molecule has 8 heteroatoms. The van der Waals surface area contributed by atoms with Crippen LogP contribution in [0.15, 0.2) is 59.9 Å². The molecule has 0 amide bonds. The Morgan fingerprint density at radius 1 is 0.943 bits per heavy atom. The standard InChI is InChI=1S/C27H25F4N3O/c1-15-7-19(5-6-25(15)33-12-16(2)32-14-33)8-21-9-22(26(30)31)13-34(27(21)35)18(4)20-10-23(28)17(3)24(29)11-20/h5-7,9-14,18,26H,8H2,1-4H3/t18-/m0/s1. The van der Waals surface area contributed by atoms with E-state index in [9.17, 15) is 22.4 Å². The molecule has 0 saturated heterocycles. The fourth-order valence-electron chi connectivity index (χ4n) is 4.18. The van der Waals surface area contributed by atoms with Gasteiger partial charge in [0.15, 0.2) is 0 Å². The monoisotopic (exact) mass is 483 g/mol. The lowest BCUT2D eigenvalue weighted by Gasteiger charge is -2.19. The van der Waals surface area contributed by atoms with E-state index in [0.717, 1.165) is 45.4 Å². The molecule has 2 aromatic heterocycles. The second kappa shape index (κ2) is 9.52. The highest BCUT2D eigenvalue weighted by Crippen LogP contribution is 2.26. The summed E-state index contributed by atoms with van der Waals surface area (Å²) in [5.74, 6) is -1.51. The highest BCUT2D eigenvalue weighted by Gasteiger charge is 2.20. The van der Waals surface area contributed by atoms with Crippen LogP contribution in [-0.2, 0) is 6.42 Å². The predicted molar refractivity (Wildman–Crippen MR) is 126 cm³/mol. The molecule has 0 bridgehead atoms. The first-order valence-corrected chi connectivity index (χ1v) is 11.1. The number of aryl methyl sites for hydroxylation is 2. The number of rotatable bonds is 6. The van der Waals surface area contributed by atoms with E-state index in [2.05, 4.69) is 4.98 Å². The molecule has 0 aliphatic carbocycles. The maximum absolute atomic E-state index is 14.1. The minimum atomic E-state index is -2.81. The summed E-state index contributed by atoms with van der Waals surface area (Å²) in [6, 6.07) is 8.24. The maximum atomic E-state index is 14.1. The number of pyridine rings is 1. The van der Waals surface area contributed by atoms with Crippen LogP contribution in [0.4, 0.5) is 17.6 Å². The summed E-state index contributed by atoms with van der Waals surface area (Å²) in [4.78, 5) is 17.5. The summed E-state index contributed by atoms with van der Waals surface area (Å²) in [7, 11) is 0. The van der Waals surface area contributed by atoms with Gasteiger partial charge in [0.2, 0.25) is 0 Å². The summed E-state index contributed by atoms with van der Waals surface area (Å²) in [6.45, 7) is 6.67. The molecule has 0 spiro atoms. The van der Waals surface area contributed by atoms with Gasteiger partial charge in [-0.3, -0.25) is 4.79 Å². The van der Waals surface area contributed by atoms with Gasteiger partial charge in [0, 0.05) is 41.2 Å². The first kappa shape index (κ1) is 24.4. The van der Waals surface area contributed by atoms with Gasteiger partial charge in [0.25, 0.3) is 12.0 Å². The molecule has 2 heterocycles. The number of hydrogen-bond acceptors (Lipinski definition) is 2. The average Bonchev–Trinajstić information content (AvgIpc) is 3.23. The first-order chi connectivity index (χ1) is 16.5. The molecule has 4 aromatic rings. The summed E-state index contributed by atoms with van der Waals surface area (Å²) < 4.78 is 58.7. The minimum absolute atomic E-state index is 0.132. The second-order valence-electron chi connectivity index (χ2n) is 8.82. The molecule has 2 aromatic carbocycles. The van der Waals surface area contributed by atoms with Crippen LogP contribution in [0.5, 0.6) is 0 Å². The maximum Gasteiger partial charge on any atom is 0.265 e. The molecule has 4 nitrogen and oxygen atoms in total. The summed E-state index contributed by atoms with van der Waals surface area (Å²) in [5, 5.41) is 0. The molecule has 35 heavy (non-hydrogen) atoms. The lowest BCUT2D eigenvalue weighted by Crippen LogP contribution is -2.27. The molecule has 4 rings (SSSR count). The van der Waals surface area contributed by atoms with E-state index in [1.165, 1.54) is 13.0 Å². The predicted octanol–water partition coefficient (Wildman–Crippen LogP) is 6.38. The van der Waals surface area contributed by atoms with Gasteiger partial charge >= 0.3 is 0 Å². The summed E-state index contributed by atoms with van der Waals surface area (Å²) >= 11 is 0. The van der Waals surface area contributed by atoms with Gasteiger partial charge in [0.1, 0.15) is 11.6 Å². The molecule has 0 aliphatic heterocycles. The SMILES string of the molecule is Cc1cn(-c2ccc(Cc3cc(C(F)F)cn([C@@H](C)c4cc(F)c(C)c(F)c4)c3=O)cc2C)cn1. The molecule has 182 valence electrons. The third kappa shape index (κ3) is 4.92. The molecule has 0 saturated carbocycles. The van der Waals surface area contributed by atoms with Gasteiger partial charge in [-0.05, 0) is 68.7 Å². The Morgan fingerprint density at radius 3 is 2.20 bits per heavy atom. The topological polar surface area (TPSA) is 39.8 Å². The van der Waals surface area contributed by atoms with Crippen molar-refractivity contribution in [1.82, 2.24) is 14.1 Å². The van der Waals surface area contributed by atoms with Crippen molar-refractivity contribution in [3.63, 3.8) is 0 Å².